The summed E-state index contributed by atoms with van der Waals surface area (Å²) >= 11 is 1.66. The molecule has 1 aliphatic heterocycles. The van der Waals surface area contributed by atoms with Crippen molar-refractivity contribution >= 4 is 27.4 Å². The lowest BCUT2D eigenvalue weighted by molar-refractivity contribution is 0.245. The molecule has 0 spiro atoms. The number of aliphatic hydroxyl groups is 1. The minimum Gasteiger partial charge on any atom is -0.392 e. The van der Waals surface area contributed by atoms with Crippen molar-refractivity contribution in [2.24, 2.45) is 0 Å². The van der Waals surface area contributed by atoms with Crippen LogP contribution in [0.25, 0.3) is 10.2 Å². The fourth-order valence-corrected chi connectivity index (χ4v) is 4.07. The predicted molar refractivity (Wildman–Crippen MR) is 97.2 cm³/mol. The minimum absolute atomic E-state index is 0.0639. The molecule has 2 aromatic heterocycles. The lowest BCUT2D eigenvalue weighted by atomic mass is 10.1. The minimum atomic E-state index is -0.212. The molecule has 0 unspecified atom stereocenters. The van der Waals surface area contributed by atoms with Gasteiger partial charge in [-0.05, 0) is 29.1 Å². The Kier molecular flexibility index (Phi) is 4.61. The molecule has 0 radical (unpaired) electrons. The van der Waals surface area contributed by atoms with Crippen LogP contribution >= 0.6 is 11.3 Å². The third-order valence-electron chi connectivity index (χ3n) is 4.58. The van der Waals surface area contributed by atoms with Crippen molar-refractivity contribution in [3.8, 4) is 0 Å². The maximum Gasteiger partial charge on any atom is 0.150 e. The van der Waals surface area contributed by atoms with Gasteiger partial charge in [-0.3, -0.25) is 4.90 Å². The van der Waals surface area contributed by atoms with E-state index in [9.17, 15) is 9.50 Å². The van der Waals surface area contributed by atoms with E-state index in [1.165, 1.54) is 6.07 Å². The normalized spacial score (nSPS) is 15.8. The first-order chi connectivity index (χ1) is 12.2. The largest absolute Gasteiger partial charge is 0.392 e. The molecule has 4 rings (SSSR count). The molecule has 0 atom stereocenters. The number of nitrogens with zero attached hydrogens (tertiary/aromatic N) is 4. The van der Waals surface area contributed by atoms with E-state index in [1.807, 2.05) is 11.4 Å². The van der Waals surface area contributed by atoms with Crippen LogP contribution in [0.2, 0.25) is 0 Å². The highest BCUT2D eigenvalue weighted by Crippen LogP contribution is 2.28. The predicted octanol–water partition coefficient (Wildman–Crippen LogP) is 2.64. The Morgan fingerprint density at radius 1 is 1.12 bits per heavy atom. The standard InChI is InChI=1S/C18H19FN4OS/c19-15-2-1-13(11-24)9-14(15)10-22-4-6-23(7-5-22)18-17-16(3-8-25-17)20-12-21-18/h1-3,8-9,12,24H,4-7,10-11H2. The number of anilines is 1. The lowest BCUT2D eigenvalue weighted by Crippen LogP contribution is -2.46. The Balaban J connectivity index is 1.44. The molecule has 1 saturated heterocycles. The Morgan fingerprint density at radius 2 is 1.96 bits per heavy atom. The second-order valence-electron chi connectivity index (χ2n) is 6.18. The fraction of sp³-hybridized carbons (Fsp3) is 0.333. The first-order valence-corrected chi connectivity index (χ1v) is 9.16. The SMILES string of the molecule is OCc1ccc(F)c(CN2CCN(c3ncnc4ccsc34)CC2)c1. The summed E-state index contributed by atoms with van der Waals surface area (Å²) in [7, 11) is 0. The van der Waals surface area contributed by atoms with Gasteiger partial charge in [0, 0.05) is 38.3 Å². The summed E-state index contributed by atoms with van der Waals surface area (Å²) in [6, 6.07) is 6.82. The molecule has 1 N–H and O–H groups in total. The Morgan fingerprint density at radius 3 is 2.76 bits per heavy atom. The number of fused-ring (bicyclic) bond motifs is 1. The van der Waals surface area contributed by atoms with Crippen LogP contribution < -0.4 is 4.90 Å². The van der Waals surface area contributed by atoms with Gasteiger partial charge in [0.05, 0.1) is 16.8 Å². The van der Waals surface area contributed by atoms with Crippen molar-refractivity contribution in [2.45, 2.75) is 13.2 Å². The van der Waals surface area contributed by atoms with Crippen molar-refractivity contribution in [1.29, 1.82) is 0 Å². The number of rotatable bonds is 4. The average molecular weight is 358 g/mol. The van der Waals surface area contributed by atoms with E-state index in [2.05, 4.69) is 19.8 Å². The van der Waals surface area contributed by atoms with Crippen LogP contribution in [0.4, 0.5) is 10.2 Å². The molecule has 3 heterocycles. The van der Waals surface area contributed by atoms with E-state index < -0.39 is 0 Å². The maximum absolute atomic E-state index is 14.0. The Hall–Kier alpha value is -2.09. The van der Waals surface area contributed by atoms with Gasteiger partial charge in [-0.15, -0.1) is 11.3 Å². The molecule has 3 aromatic rings. The van der Waals surface area contributed by atoms with Gasteiger partial charge in [0.1, 0.15) is 18.0 Å². The lowest BCUT2D eigenvalue weighted by Gasteiger charge is -2.35. The second-order valence-corrected chi connectivity index (χ2v) is 7.10. The molecule has 7 heteroatoms. The van der Waals surface area contributed by atoms with E-state index in [1.54, 1.807) is 29.8 Å². The summed E-state index contributed by atoms with van der Waals surface area (Å²) in [6.07, 6.45) is 1.62. The van der Waals surface area contributed by atoms with Crippen LogP contribution in [-0.2, 0) is 13.2 Å². The summed E-state index contributed by atoms with van der Waals surface area (Å²) in [5, 5.41) is 11.3. The second kappa shape index (κ2) is 7.03. The summed E-state index contributed by atoms with van der Waals surface area (Å²) in [5.74, 6) is 0.781. The van der Waals surface area contributed by atoms with Gasteiger partial charge in [0.2, 0.25) is 0 Å². The number of halogens is 1. The average Bonchev–Trinajstić information content (AvgIpc) is 3.13. The number of thiophene rings is 1. The molecule has 0 bridgehead atoms. The summed E-state index contributed by atoms with van der Waals surface area (Å²) in [4.78, 5) is 13.3. The van der Waals surface area contributed by atoms with Gasteiger partial charge in [-0.1, -0.05) is 6.07 Å². The van der Waals surface area contributed by atoms with Crippen LogP contribution in [0.3, 0.4) is 0 Å². The van der Waals surface area contributed by atoms with Gasteiger partial charge in [0.25, 0.3) is 0 Å². The number of piperazine rings is 1. The molecule has 1 aromatic carbocycles. The Labute approximate surface area is 149 Å². The maximum atomic E-state index is 14.0. The number of benzene rings is 1. The molecule has 0 aliphatic carbocycles. The third kappa shape index (κ3) is 3.35. The molecule has 5 nitrogen and oxygen atoms in total. The first-order valence-electron chi connectivity index (χ1n) is 8.28. The van der Waals surface area contributed by atoms with Crippen molar-refractivity contribution < 1.29 is 9.50 Å². The first kappa shape index (κ1) is 16.4. The molecular formula is C18H19FN4OS. The van der Waals surface area contributed by atoms with E-state index in [0.717, 1.165) is 47.8 Å². The van der Waals surface area contributed by atoms with Gasteiger partial charge in [-0.25, -0.2) is 14.4 Å². The van der Waals surface area contributed by atoms with Crippen LogP contribution in [-0.4, -0.2) is 46.2 Å². The van der Waals surface area contributed by atoms with Gasteiger partial charge in [-0.2, -0.15) is 0 Å². The van der Waals surface area contributed by atoms with Crippen LogP contribution in [0.1, 0.15) is 11.1 Å². The van der Waals surface area contributed by atoms with Crippen molar-refractivity contribution in [3.63, 3.8) is 0 Å². The van der Waals surface area contributed by atoms with E-state index in [4.69, 9.17) is 0 Å². The molecule has 1 aliphatic rings. The van der Waals surface area contributed by atoms with E-state index >= 15 is 0 Å². The van der Waals surface area contributed by atoms with Gasteiger partial charge >= 0.3 is 0 Å². The summed E-state index contributed by atoms with van der Waals surface area (Å²) in [5.41, 5.74) is 2.37. The molecule has 0 amide bonds. The monoisotopic (exact) mass is 358 g/mol. The number of hydrogen-bond acceptors (Lipinski definition) is 6. The number of aromatic nitrogens is 2. The van der Waals surface area contributed by atoms with Gasteiger partial charge < -0.3 is 10.0 Å². The van der Waals surface area contributed by atoms with Crippen molar-refractivity contribution in [1.82, 2.24) is 14.9 Å². The van der Waals surface area contributed by atoms with Crippen LogP contribution in [0.15, 0.2) is 36.0 Å². The molecule has 25 heavy (non-hydrogen) atoms. The zero-order valence-electron chi connectivity index (χ0n) is 13.7. The molecular weight excluding hydrogens is 339 g/mol. The topological polar surface area (TPSA) is 52.5 Å². The zero-order valence-corrected chi connectivity index (χ0v) is 14.5. The molecule has 1 fully saturated rings. The fourth-order valence-electron chi connectivity index (χ4n) is 3.21. The summed E-state index contributed by atoms with van der Waals surface area (Å²) < 4.78 is 15.1. The van der Waals surface area contributed by atoms with E-state index in [-0.39, 0.29) is 12.4 Å². The third-order valence-corrected chi connectivity index (χ3v) is 5.48. The quantitative estimate of drug-likeness (QED) is 0.777. The van der Waals surface area contributed by atoms with Crippen LogP contribution in [0.5, 0.6) is 0 Å². The smallest absolute Gasteiger partial charge is 0.150 e. The zero-order chi connectivity index (χ0) is 17.2. The summed E-state index contributed by atoms with van der Waals surface area (Å²) in [6.45, 7) is 3.90. The highest BCUT2D eigenvalue weighted by molar-refractivity contribution is 7.17. The molecule has 0 saturated carbocycles. The van der Waals surface area contributed by atoms with Crippen molar-refractivity contribution in [2.75, 3.05) is 31.1 Å². The van der Waals surface area contributed by atoms with Gasteiger partial charge in [0.15, 0.2) is 0 Å². The van der Waals surface area contributed by atoms with E-state index in [0.29, 0.717) is 12.1 Å². The highest BCUT2D eigenvalue weighted by Gasteiger charge is 2.21. The molecule has 130 valence electrons. The highest BCUT2D eigenvalue weighted by atomic mass is 32.1. The van der Waals surface area contributed by atoms with Crippen molar-refractivity contribution in [3.05, 3.63) is 52.9 Å². The van der Waals surface area contributed by atoms with Crippen LogP contribution in [0, 0.1) is 5.82 Å². The Bertz CT molecular complexity index is 876. The number of hydrogen-bond donors (Lipinski definition) is 1. The number of aliphatic hydroxyl groups excluding tert-OH is 1.